The fourth-order valence-electron chi connectivity index (χ4n) is 3.69. The van der Waals surface area contributed by atoms with E-state index in [1.807, 2.05) is 0 Å². The summed E-state index contributed by atoms with van der Waals surface area (Å²) < 4.78 is 5.90. The van der Waals surface area contributed by atoms with E-state index in [9.17, 15) is 19.8 Å². The highest BCUT2D eigenvalue weighted by Crippen LogP contribution is 2.48. The first-order valence-corrected chi connectivity index (χ1v) is 11.4. The first-order chi connectivity index (χ1) is 10.4. The van der Waals surface area contributed by atoms with E-state index in [0.29, 0.717) is 6.42 Å². The van der Waals surface area contributed by atoms with Gasteiger partial charge in [0.1, 0.15) is 11.6 Å². The molecule has 1 aliphatic rings. The summed E-state index contributed by atoms with van der Waals surface area (Å²) in [5, 5.41) is 20.0. The SMILES string of the molecule is CC(C)(C)[N+]1(C(=O)O)CC[C@H](O[Si](C)(C)C(C)(C)C)[C@@]1(C)C(=O)O. The van der Waals surface area contributed by atoms with Crippen LogP contribution in [0.2, 0.25) is 18.1 Å². The minimum absolute atomic E-state index is 0.0738. The lowest BCUT2D eigenvalue weighted by Gasteiger charge is -2.50. The van der Waals surface area contributed by atoms with Crippen LogP contribution < -0.4 is 0 Å². The van der Waals surface area contributed by atoms with E-state index >= 15 is 0 Å². The molecule has 0 aliphatic carbocycles. The Morgan fingerprint density at radius 2 is 1.58 bits per heavy atom. The second-order valence-electron chi connectivity index (χ2n) is 9.59. The molecule has 1 unspecified atom stereocenters. The maximum Gasteiger partial charge on any atom is 0.514 e. The minimum Gasteiger partial charge on any atom is -0.477 e. The molecule has 1 aliphatic heterocycles. The zero-order chi connectivity index (χ0) is 19.4. The van der Waals surface area contributed by atoms with Crippen LogP contribution in [0.25, 0.3) is 0 Å². The smallest absolute Gasteiger partial charge is 0.477 e. The maximum atomic E-state index is 12.3. The lowest BCUT2D eigenvalue weighted by molar-refractivity contribution is -0.930. The number of nitrogens with zero attached hydrogens (tertiary/aromatic N) is 1. The molecule has 0 aromatic carbocycles. The number of rotatable bonds is 3. The van der Waals surface area contributed by atoms with Gasteiger partial charge in [-0.15, -0.1) is 0 Å². The molecule has 0 bridgehead atoms. The monoisotopic (exact) mass is 360 g/mol. The Morgan fingerprint density at radius 3 is 1.88 bits per heavy atom. The molecule has 24 heavy (non-hydrogen) atoms. The Balaban J connectivity index is 3.49. The van der Waals surface area contributed by atoms with Crippen molar-refractivity contribution < 1.29 is 28.7 Å². The average Bonchev–Trinajstić information content (AvgIpc) is 2.62. The van der Waals surface area contributed by atoms with Gasteiger partial charge in [0.25, 0.3) is 0 Å². The standard InChI is InChI=1S/C17H33NO5Si/c1-15(2,3)18(14(21)22)11-10-12(17(18,7)13(19)20)23-24(8,9)16(4,5)6/h12H,10-11H2,1-9H3,(H-,19,20,21,22)/p+1/t12-,17-,18?/m0/s1. The molecule has 0 radical (unpaired) electrons. The maximum absolute atomic E-state index is 12.3. The molecule has 7 heteroatoms. The number of quaternary nitrogens is 1. The number of carboxylic acids is 1. The molecule has 6 nitrogen and oxygen atoms in total. The fourth-order valence-corrected chi connectivity index (χ4v) is 5.10. The topological polar surface area (TPSA) is 83.8 Å². The summed E-state index contributed by atoms with van der Waals surface area (Å²) in [5.74, 6) is -1.11. The van der Waals surface area contributed by atoms with E-state index in [1.165, 1.54) is 0 Å². The van der Waals surface area contributed by atoms with E-state index < -0.39 is 42.0 Å². The molecule has 0 spiro atoms. The van der Waals surface area contributed by atoms with Crippen LogP contribution in [0.3, 0.4) is 0 Å². The zero-order valence-electron chi connectivity index (χ0n) is 16.6. The molecule has 0 aromatic rings. The molecule has 2 N–H and O–H groups in total. The molecule has 1 amide bonds. The number of hydrogen-bond acceptors (Lipinski definition) is 3. The summed E-state index contributed by atoms with van der Waals surface area (Å²) in [6.45, 7) is 17.6. The summed E-state index contributed by atoms with van der Waals surface area (Å²) >= 11 is 0. The number of likely N-dealkylation sites (tertiary alicyclic amines) is 1. The van der Waals surface area contributed by atoms with Crippen LogP contribution in [-0.4, -0.2) is 58.8 Å². The number of carboxylic acid groups (broad SMARTS) is 2. The van der Waals surface area contributed by atoms with E-state index in [-0.39, 0.29) is 11.6 Å². The molecular weight excluding hydrogens is 326 g/mol. The van der Waals surface area contributed by atoms with Crippen molar-refractivity contribution in [3.63, 3.8) is 0 Å². The van der Waals surface area contributed by atoms with Gasteiger partial charge < -0.3 is 14.6 Å². The molecule has 3 atom stereocenters. The average molecular weight is 361 g/mol. The Labute approximate surface area is 146 Å². The van der Waals surface area contributed by atoms with Crippen LogP contribution >= 0.6 is 0 Å². The van der Waals surface area contributed by atoms with Crippen molar-refractivity contribution in [2.24, 2.45) is 0 Å². The summed E-state index contributed by atoms with van der Waals surface area (Å²) in [7, 11) is -2.23. The van der Waals surface area contributed by atoms with Crippen LogP contribution in [-0.2, 0) is 9.22 Å². The first-order valence-electron chi connectivity index (χ1n) is 8.48. The van der Waals surface area contributed by atoms with Crippen LogP contribution in [0.1, 0.15) is 54.9 Å². The highest BCUT2D eigenvalue weighted by Gasteiger charge is 2.72. The van der Waals surface area contributed by atoms with Crippen molar-refractivity contribution in [1.29, 1.82) is 0 Å². The number of hydrogen-bond donors (Lipinski definition) is 2. The minimum atomic E-state index is -2.23. The molecule has 0 saturated carbocycles. The lowest BCUT2D eigenvalue weighted by Crippen LogP contribution is -2.76. The molecule has 1 rings (SSSR count). The van der Waals surface area contributed by atoms with Crippen molar-refractivity contribution >= 4 is 20.4 Å². The Bertz CT molecular complexity index is 534. The van der Waals surface area contributed by atoms with Crippen molar-refractivity contribution in [2.45, 2.75) is 90.2 Å². The third-order valence-corrected chi connectivity index (χ3v) is 10.8. The van der Waals surface area contributed by atoms with Crippen molar-refractivity contribution in [2.75, 3.05) is 6.54 Å². The van der Waals surface area contributed by atoms with Crippen LogP contribution in [0.15, 0.2) is 0 Å². The second-order valence-corrected chi connectivity index (χ2v) is 14.4. The third kappa shape index (κ3) is 2.80. The quantitative estimate of drug-likeness (QED) is 0.589. The highest BCUT2D eigenvalue weighted by molar-refractivity contribution is 6.74. The molecule has 1 heterocycles. The molecule has 0 aromatic heterocycles. The Hall–Kier alpha value is -0.923. The largest absolute Gasteiger partial charge is 0.514 e. The molecule has 1 saturated heterocycles. The highest BCUT2D eigenvalue weighted by atomic mass is 28.4. The van der Waals surface area contributed by atoms with Crippen LogP contribution in [0.5, 0.6) is 0 Å². The first kappa shape index (κ1) is 21.1. The number of aliphatic carboxylic acids is 1. The van der Waals surface area contributed by atoms with Gasteiger partial charge in [-0.05, 0) is 38.9 Å². The third-order valence-electron chi connectivity index (χ3n) is 6.29. The predicted octanol–water partition coefficient (Wildman–Crippen LogP) is 3.92. The van der Waals surface area contributed by atoms with Gasteiger partial charge in [0.15, 0.2) is 8.32 Å². The molecule has 140 valence electrons. The van der Waals surface area contributed by atoms with Gasteiger partial charge in [-0.25, -0.2) is 9.28 Å². The van der Waals surface area contributed by atoms with E-state index in [2.05, 4.69) is 33.9 Å². The summed E-state index contributed by atoms with van der Waals surface area (Å²) in [6.07, 6.45) is -1.29. The number of amides is 1. The fraction of sp³-hybridized carbons (Fsp3) is 0.882. The van der Waals surface area contributed by atoms with Gasteiger partial charge in [0.2, 0.25) is 5.54 Å². The summed E-state index contributed by atoms with van der Waals surface area (Å²) in [4.78, 5) is 24.6. The van der Waals surface area contributed by atoms with Crippen LogP contribution in [0, 0.1) is 0 Å². The lowest BCUT2D eigenvalue weighted by atomic mass is 9.88. The van der Waals surface area contributed by atoms with E-state index in [0.717, 1.165) is 0 Å². The Kier molecular flexibility index (Phi) is 5.11. The summed E-state index contributed by atoms with van der Waals surface area (Å²) in [5.41, 5.74) is -2.29. The van der Waals surface area contributed by atoms with Crippen LogP contribution in [0.4, 0.5) is 4.79 Å². The number of carbonyl (C=O) groups is 2. The van der Waals surface area contributed by atoms with Crippen molar-refractivity contribution in [3.8, 4) is 0 Å². The summed E-state index contributed by atoms with van der Waals surface area (Å²) in [6, 6.07) is 0. The normalized spacial score (nSPS) is 32.0. The van der Waals surface area contributed by atoms with Crippen molar-refractivity contribution in [1.82, 2.24) is 0 Å². The molecule has 1 fully saturated rings. The Morgan fingerprint density at radius 1 is 1.12 bits per heavy atom. The van der Waals surface area contributed by atoms with E-state index in [4.69, 9.17) is 4.43 Å². The van der Waals surface area contributed by atoms with Gasteiger partial charge in [-0.1, -0.05) is 20.8 Å². The van der Waals surface area contributed by atoms with Gasteiger partial charge in [0.05, 0.1) is 6.54 Å². The van der Waals surface area contributed by atoms with Gasteiger partial charge in [-0.3, -0.25) is 0 Å². The van der Waals surface area contributed by atoms with Gasteiger partial charge in [-0.2, -0.15) is 4.79 Å². The second kappa shape index (κ2) is 5.81. The zero-order valence-corrected chi connectivity index (χ0v) is 17.6. The van der Waals surface area contributed by atoms with Gasteiger partial charge >= 0.3 is 12.1 Å². The van der Waals surface area contributed by atoms with Gasteiger partial charge in [0, 0.05) is 13.3 Å². The molecular formula is C17H34NO5Si+. The van der Waals surface area contributed by atoms with E-state index in [1.54, 1.807) is 27.7 Å². The van der Waals surface area contributed by atoms with Crippen molar-refractivity contribution in [3.05, 3.63) is 0 Å². The predicted molar refractivity (Wildman–Crippen MR) is 95.6 cm³/mol.